The van der Waals surface area contributed by atoms with Crippen molar-refractivity contribution in [1.29, 1.82) is 0 Å². The van der Waals surface area contributed by atoms with Crippen LogP contribution < -0.4 is 4.74 Å². The van der Waals surface area contributed by atoms with Gasteiger partial charge in [0.25, 0.3) is 0 Å². The lowest BCUT2D eigenvalue weighted by Gasteiger charge is -2.14. The Hall–Kier alpha value is -1.33. The van der Waals surface area contributed by atoms with Gasteiger partial charge in [0, 0.05) is 16.4 Å². The van der Waals surface area contributed by atoms with Crippen LogP contribution >= 0.6 is 23.1 Å². The third-order valence-electron chi connectivity index (χ3n) is 2.99. The average molecular weight is 321 g/mol. The van der Waals surface area contributed by atoms with E-state index in [2.05, 4.69) is 31.1 Å². The molecule has 112 valence electrons. The molecule has 0 spiro atoms. The standard InChI is InChI=1S/C16H19NO2S2/c1-16(2,3)14-10-21-15(17-14)20-9-13(18)11-5-7-12(19-4)8-6-11/h5-8,10H,9H2,1-4H3. The van der Waals surface area contributed by atoms with Gasteiger partial charge in [0.1, 0.15) is 5.75 Å². The molecule has 0 amide bonds. The van der Waals surface area contributed by atoms with Crippen LogP contribution in [-0.2, 0) is 5.41 Å². The van der Waals surface area contributed by atoms with Gasteiger partial charge in [-0.1, -0.05) is 32.5 Å². The highest BCUT2D eigenvalue weighted by molar-refractivity contribution is 8.01. The van der Waals surface area contributed by atoms with Gasteiger partial charge in [0.15, 0.2) is 10.1 Å². The Morgan fingerprint density at radius 1 is 1.29 bits per heavy atom. The summed E-state index contributed by atoms with van der Waals surface area (Å²) in [6, 6.07) is 7.20. The summed E-state index contributed by atoms with van der Waals surface area (Å²) in [5.41, 5.74) is 1.83. The number of Topliss-reactive ketones (excluding diaryl/α,β-unsaturated/α-hetero) is 1. The molecule has 0 saturated carbocycles. The van der Waals surface area contributed by atoms with Crippen molar-refractivity contribution < 1.29 is 9.53 Å². The number of benzene rings is 1. The van der Waals surface area contributed by atoms with Gasteiger partial charge in [-0.15, -0.1) is 11.3 Å². The monoisotopic (exact) mass is 321 g/mol. The predicted molar refractivity (Wildman–Crippen MR) is 88.9 cm³/mol. The van der Waals surface area contributed by atoms with Crippen molar-refractivity contribution in [3.05, 3.63) is 40.9 Å². The molecule has 0 atom stereocenters. The molecular weight excluding hydrogens is 302 g/mol. The van der Waals surface area contributed by atoms with E-state index in [1.54, 1.807) is 42.7 Å². The number of thioether (sulfide) groups is 1. The number of hydrogen-bond acceptors (Lipinski definition) is 5. The Morgan fingerprint density at radius 3 is 2.48 bits per heavy atom. The van der Waals surface area contributed by atoms with Crippen molar-refractivity contribution in [3.8, 4) is 5.75 Å². The molecule has 1 aromatic carbocycles. The molecule has 2 aromatic rings. The van der Waals surface area contributed by atoms with Crippen molar-refractivity contribution in [2.24, 2.45) is 0 Å². The second-order valence-corrected chi connectivity index (χ2v) is 7.77. The smallest absolute Gasteiger partial charge is 0.173 e. The highest BCUT2D eigenvalue weighted by Gasteiger charge is 2.18. The number of hydrogen-bond donors (Lipinski definition) is 0. The van der Waals surface area contributed by atoms with E-state index in [1.165, 1.54) is 11.8 Å². The summed E-state index contributed by atoms with van der Waals surface area (Å²) in [6.07, 6.45) is 0. The molecule has 0 saturated heterocycles. The summed E-state index contributed by atoms with van der Waals surface area (Å²) in [7, 11) is 1.61. The molecule has 1 heterocycles. The largest absolute Gasteiger partial charge is 0.497 e. The number of carbonyl (C=O) groups is 1. The Balaban J connectivity index is 1.95. The predicted octanol–water partition coefficient (Wildman–Crippen LogP) is 4.42. The van der Waals surface area contributed by atoms with Crippen molar-refractivity contribution >= 4 is 28.9 Å². The Bertz CT molecular complexity index is 612. The quantitative estimate of drug-likeness (QED) is 0.603. The van der Waals surface area contributed by atoms with Crippen LogP contribution in [0.4, 0.5) is 0 Å². The minimum absolute atomic E-state index is 0.0509. The second-order valence-electron chi connectivity index (χ2n) is 5.69. The molecular formula is C16H19NO2S2. The van der Waals surface area contributed by atoms with Gasteiger partial charge in [-0.2, -0.15) is 0 Å². The Labute approximate surface area is 133 Å². The van der Waals surface area contributed by atoms with Gasteiger partial charge in [-0.3, -0.25) is 4.79 Å². The SMILES string of the molecule is COc1ccc(C(=O)CSc2nc(C(C)(C)C)cs2)cc1. The van der Waals surface area contributed by atoms with E-state index in [1.807, 2.05) is 0 Å². The van der Waals surface area contributed by atoms with Gasteiger partial charge >= 0.3 is 0 Å². The number of carbonyl (C=O) groups excluding carboxylic acids is 1. The number of aromatic nitrogens is 1. The van der Waals surface area contributed by atoms with Gasteiger partial charge in [-0.05, 0) is 24.3 Å². The van der Waals surface area contributed by atoms with Gasteiger partial charge < -0.3 is 4.74 Å². The molecule has 1 aromatic heterocycles. The van der Waals surface area contributed by atoms with Crippen LogP contribution in [0.2, 0.25) is 0 Å². The lowest BCUT2D eigenvalue weighted by atomic mass is 9.93. The summed E-state index contributed by atoms with van der Waals surface area (Å²) in [6.45, 7) is 6.41. The van der Waals surface area contributed by atoms with Crippen molar-refractivity contribution in [2.45, 2.75) is 30.5 Å². The minimum Gasteiger partial charge on any atom is -0.497 e. The minimum atomic E-state index is 0.0509. The third-order valence-corrected chi connectivity index (χ3v) is 5.01. The Morgan fingerprint density at radius 2 is 1.95 bits per heavy atom. The third kappa shape index (κ3) is 4.32. The molecule has 21 heavy (non-hydrogen) atoms. The van der Waals surface area contributed by atoms with Gasteiger partial charge in [0.2, 0.25) is 0 Å². The maximum Gasteiger partial charge on any atom is 0.173 e. The molecule has 0 bridgehead atoms. The zero-order chi connectivity index (χ0) is 15.5. The summed E-state index contributed by atoms with van der Waals surface area (Å²) in [4.78, 5) is 16.7. The van der Waals surface area contributed by atoms with E-state index < -0.39 is 0 Å². The lowest BCUT2D eigenvalue weighted by Crippen LogP contribution is -2.11. The van der Waals surface area contributed by atoms with E-state index in [-0.39, 0.29) is 11.2 Å². The number of nitrogens with zero attached hydrogens (tertiary/aromatic N) is 1. The number of methoxy groups -OCH3 is 1. The highest BCUT2D eigenvalue weighted by atomic mass is 32.2. The topological polar surface area (TPSA) is 39.2 Å². The van der Waals surface area contributed by atoms with Crippen LogP contribution in [0.5, 0.6) is 5.75 Å². The maximum atomic E-state index is 12.1. The van der Waals surface area contributed by atoms with Crippen LogP contribution in [-0.4, -0.2) is 23.6 Å². The van der Waals surface area contributed by atoms with E-state index in [4.69, 9.17) is 4.74 Å². The van der Waals surface area contributed by atoms with Gasteiger partial charge in [0.05, 0.1) is 18.6 Å². The van der Waals surface area contributed by atoms with Crippen molar-refractivity contribution in [3.63, 3.8) is 0 Å². The maximum absolute atomic E-state index is 12.1. The molecule has 3 nitrogen and oxygen atoms in total. The van der Waals surface area contributed by atoms with E-state index >= 15 is 0 Å². The summed E-state index contributed by atoms with van der Waals surface area (Å²) < 4.78 is 6.03. The van der Waals surface area contributed by atoms with Crippen molar-refractivity contribution in [2.75, 3.05) is 12.9 Å². The van der Waals surface area contributed by atoms with Gasteiger partial charge in [-0.25, -0.2) is 4.98 Å². The fourth-order valence-electron chi connectivity index (χ4n) is 1.66. The molecule has 0 unspecified atom stereocenters. The average Bonchev–Trinajstić information content (AvgIpc) is 2.94. The first kappa shape index (κ1) is 16.0. The molecule has 0 radical (unpaired) electrons. The lowest BCUT2D eigenvalue weighted by molar-refractivity contribution is 0.102. The number of rotatable bonds is 5. The van der Waals surface area contributed by atoms with Crippen LogP contribution in [0.15, 0.2) is 34.0 Å². The summed E-state index contributed by atoms with van der Waals surface area (Å²) in [5, 5.41) is 2.07. The highest BCUT2D eigenvalue weighted by Crippen LogP contribution is 2.29. The molecule has 0 aliphatic carbocycles. The van der Waals surface area contributed by atoms with Crippen LogP contribution in [0, 0.1) is 0 Å². The normalized spacial score (nSPS) is 11.4. The number of ketones is 1. The zero-order valence-corrected chi connectivity index (χ0v) is 14.3. The molecule has 5 heteroatoms. The first-order chi connectivity index (χ1) is 9.90. The summed E-state index contributed by atoms with van der Waals surface area (Å²) >= 11 is 3.10. The number of ether oxygens (including phenoxy) is 1. The Kier molecular flexibility index (Phi) is 5.06. The molecule has 0 fully saturated rings. The fraction of sp³-hybridized carbons (Fsp3) is 0.375. The molecule has 0 aliphatic heterocycles. The van der Waals surface area contributed by atoms with Crippen molar-refractivity contribution in [1.82, 2.24) is 4.98 Å². The molecule has 0 N–H and O–H groups in total. The number of thiazole rings is 1. The van der Waals surface area contributed by atoms with Crippen LogP contribution in [0.1, 0.15) is 36.8 Å². The first-order valence-electron chi connectivity index (χ1n) is 6.66. The summed E-state index contributed by atoms with van der Waals surface area (Å²) in [5.74, 6) is 1.27. The van der Waals surface area contributed by atoms with E-state index in [0.717, 1.165) is 15.8 Å². The zero-order valence-electron chi connectivity index (χ0n) is 12.7. The first-order valence-corrected chi connectivity index (χ1v) is 8.53. The molecule has 2 rings (SSSR count). The van der Waals surface area contributed by atoms with Crippen LogP contribution in [0.25, 0.3) is 0 Å². The van der Waals surface area contributed by atoms with Crippen LogP contribution in [0.3, 0.4) is 0 Å². The van der Waals surface area contributed by atoms with E-state index in [9.17, 15) is 4.79 Å². The fourth-order valence-corrected chi connectivity index (χ4v) is 3.60. The van der Waals surface area contributed by atoms with E-state index in [0.29, 0.717) is 11.3 Å². The molecule has 0 aliphatic rings. The second kappa shape index (κ2) is 6.62.